The third-order valence-corrected chi connectivity index (χ3v) is 5.24. The third-order valence-electron chi connectivity index (χ3n) is 5.24. The second-order valence-electron chi connectivity index (χ2n) is 7.50. The summed E-state index contributed by atoms with van der Waals surface area (Å²) in [5.41, 5.74) is 2.61. The van der Waals surface area contributed by atoms with Crippen molar-refractivity contribution in [1.29, 1.82) is 0 Å². The Kier molecular flexibility index (Phi) is 2.67. The van der Waals surface area contributed by atoms with Gasteiger partial charge in [-0.15, -0.1) is 0 Å². The van der Waals surface area contributed by atoms with Gasteiger partial charge in [0.2, 0.25) is 0 Å². The van der Waals surface area contributed by atoms with Crippen LogP contribution in [0.1, 0.15) is 39.3 Å². The minimum absolute atomic E-state index is 0.0286. The molecule has 2 aliphatic heterocycles. The molecule has 3 atom stereocenters. The molecular weight excluding hydrogens is 276 g/mol. The Morgan fingerprint density at radius 3 is 2.55 bits per heavy atom. The van der Waals surface area contributed by atoms with Crippen LogP contribution in [0.5, 0.6) is 0 Å². The largest absolute Gasteiger partial charge is 0.390 e. The van der Waals surface area contributed by atoms with Crippen LogP contribution in [-0.4, -0.2) is 32.0 Å². The molecule has 0 aliphatic carbocycles. The molecule has 3 heterocycles. The van der Waals surface area contributed by atoms with Crippen LogP contribution in [0, 0.1) is 5.92 Å². The van der Waals surface area contributed by atoms with Gasteiger partial charge in [0.05, 0.1) is 41.6 Å². The number of rotatable bonds is 1. The van der Waals surface area contributed by atoms with Crippen molar-refractivity contribution in [3.05, 3.63) is 42.4 Å². The summed E-state index contributed by atoms with van der Waals surface area (Å²) in [5.74, 6) is -0.0286. The Labute approximate surface area is 130 Å². The van der Waals surface area contributed by atoms with Crippen LogP contribution in [0.4, 0.5) is 0 Å². The summed E-state index contributed by atoms with van der Waals surface area (Å²) >= 11 is 0. The van der Waals surface area contributed by atoms with Gasteiger partial charge in [0.15, 0.2) is 0 Å². The molecule has 0 unspecified atom stereocenters. The molecule has 0 amide bonds. The molecule has 4 nitrogen and oxygen atoms in total. The summed E-state index contributed by atoms with van der Waals surface area (Å²) in [6.45, 7) is 8.09. The van der Waals surface area contributed by atoms with E-state index in [1.165, 1.54) is 11.1 Å². The van der Waals surface area contributed by atoms with Crippen LogP contribution in [0.25, 0.3) is 11.3 Å². The quantitative estimate of drug-likeness (QED) is 0.880. The van der Waals surface area contributed by atoms with Crippen LogP contribution >= 0.6 is 0 Å². The second-order valence-corrected chi connectivity index (χ2v) is 7.50. The lowest BCUT2D eigenvalue weighted by Crippen LogP contribution is -2.40. The Bertz CT molecular complexity index is 732. The molecule has 4 heteroatoms. The van der Waals surface area contributed by atoms with Gasteiger partial charge in [-0.2, -0.15) is 0 Å². The summed E-state index contributed by atoms with van der Waals surface area (Å²) in [4.78, 5) is 4.31. The number of ether oxygens (including phenoxy) is 1. The Morgan fingerprint density at radius 2 is 1.86 bits per heavy atom. The average molecular weight is 298 g/mol. The van der Waals surface area contributed by atoms with Gasteiger partial charge >= 0.3 is 0 Å². The van der Waals surface area contributed by atoms with Gasteiger partial charge in [-0.05, 0) is 33.3 Å². The van der Waals surface area contributed by atoms with E-state index in [1.807, 2.05) is 26.4 Å². The highest BCUT2D eigenvalue weighted by Gasteiger charge is 2.58. The molecule has 1 saturated heterocycles. The Morgan fingerprint density at radius 1 is 1.14 bits per heavy atom. The maximum atomic E-state index is 10.9. The summed E-state index contributed by atoms with van der Waals surface area (Å²) in [6, 6.07) is 8.45. The first-order valence-corrected chi connectivity index (χ1v) is 7.82. The number of nitrogens with zero attached hydrogens (tertiary/aromatic N) is 2. The SMILES string of the molecule is CC1(C)OC(C)(C)[C@@H](O)[C@@H]1[C@H]1c2ccccc2-c2cncn21. The third kappa shape index (κ3) is 1.68. The van der Waals surface area contributed by atoms with Gasteiger partial charge in [-0.1, -0.05) is 24.3 Å². The molecule has 0 spiro atoms. The number of hydrogen-bond donors (Lipinski definition) is 1. The molecule has 0 radical (unpaired) electrons. The molecule has 22 heavy (non-hydrogen) atoms. The van der Waals surface area contributed by atoms with Gasteiger partial charge < -0.3 is 14.4 Å². The molecule has 1 fully saturated rings. The topological polar surface area (TPSA) is 47.3 Å². The second kappa shape index (κ2) is 4.21. The lowest BCUT2D eigenvalue weighted by Gasteiger charge is -2.33. The van der Waals surface area contributed by atoms with Crippen LogP contribution in [-0.2, 0) is 4.74 Å². The zero-order chi connectivity index (χ0) is 15.7. The van der Waals surface area contributed by atoms with Crippen molar-refractivity contribution in [3.63, 3.8) is 0 Å². The maximum Gasteiger partial charge on any atom is 0.0956 e. The van der Waals surface area contributed by atoms with E-state index in [4.69, 9.17) is 4.74 Å². The lowest BCUT2D eigenvalue weighted by atomic mass is 9.77. The fraction of sp³-hybridized carbons (Fsp3) is 0.500. The minimum atomic E-state index is -0.549. The average Bonchev–Trinajstić information content (AvgIpc) is 3.04. The van der Waals surface area contributed by atoms with Crippen molar-refractivity contribution in [1.82, 2.24) is 9.55 Å². The molecule has 2 aliphatic rings. The number of benzene rings is 1. The molecular formula is C18H22N2O2. The van der Waals surface area contributed by atoms with Crippen LogP contribution in [0.3, 0.4) is 0 Å². The molecule has 4 rings (SSSR count). The van der Waals surface area contributed by atoms with Crippen LogP contribution in [0.15, 0.2) is 36.8 Å². The normalized spacial score (nSPS) is 31.0. The highest BCUT2D eigenvalue weighted by Crippen LogP contribution is 2.53. The van der Waals surface area contributed by atoms with Gasteiger partial charge in [-0.3, -0.25) is 0 Å². The van der Waals surface area contributed by atoms with E-state index in [2.05, 4.69) is 47.7 Å². The van der Waals surface area contributed by atoms with Crippen molar-refractivity contribution in [2.24, 2.45) is 5.92 Å². The lowest BCUT2D eigenvalue weighted by molar-refractivity contribution is -0.0915. The molecule has 0 bridgehead atoms. The van der Waals surface area contributed by atoms with E-state index >= 15 is 0 Å². The van der Waals surface area contributed by atoms with Crippen molar-refractivity contribution < 1.29 is 9.84 Å². The number of aliphatic hydroxyl groups is 1. The first-order chi connectivity index (χ1) is 10.3. The standard InChI is InChI=1S/C18H22N2O2/c1-17(2)14(16(21)18(3,4)22-17)15-12-8-6-5-7-11(12)13-9-19-10-20(13)15/h5-10,14-16,21H,1-4H3/t14-,15+,16-/m0/s1. The van der Waals surface area contributed by atoms with Crippen molar-refractivity contribution in [2.45, 2.75) is 51.0 Å². The van der Waals surface area contributed by atoms with E-state index in [0.29, 0.717) is 0 Å². The molecule has 1 N–H and O–H groups in total. The van der Waals surface area contributed by atoms with Crippen LogP contribution < -0.4 is 0 Å². The smallest absolute Gasteiger partial charge is 0.0956 e. The minimum Gasteiger partial charge on any atom is -0.390 e. The summed E-state index contributed by atoms with van der Waals surface area (Å²) in [5, 5.41) is 10.9. The molecule has 1 aromatic carbocycles. The maximum absolute atomic E-state index is 10.9. The summed E-state index contributed by atoms with van der Waals surface area (Å²) in [7, 11) is 0. The van der Waals surface area contributed by atoms with Crippen LogP contribution in [0.2, 0.25) is 0 Å². The van der Waals surface area contributed by atoms with E-state index < -0.39 is 17.3 Å². The fourth-order valence-corrected chi connectivity index (χ4v) is 4.41. The number of imidazole rings is 1. The Balaban J connectivity index is 1.90. The molecule has 2 aromatic rings. The predicted octanol–water partition coefficient (Wildman–Crippen LogP) is 3.02. The Hall–Kier alpha value is -1.65. The summed E-state index contributed by atoms with van der Waals surface area (Å²) < 4.78 is 8.38. The monoisotopic (exact) mass is 298 g/mol. The number of hydrogen-bond acceptors (Lipinski definition) is 3. The number of fused-ring (bicyclic) bond motifs is 3. The zero-order valence-electron chi connectivity index (χ0n) is 13.4. The van der Waals surface area contributed by atoms with Crippen molar-refractivity contribution >= 4 is 0 Å². The van der Waals surface area contributed by atoms with Crippen molar-refractivity contribution in [2.75, 3.05) is 0 Å². The number of aliphatic hydroxyl groups excluding tert-OH is 1. The number of aromatic nitrogens is 2. The fourth-order valence-electron chi connectivity index (χ4n) is 4.41. The van der Waals surface area contributed by atoms with E-state index in [1.54, 1.807) is 0 Å². The van der Waals surface area contributed by atoms with Gasteiger partial charge in [0.25, 0.3) is 0 Å². The van der Waals surface area contributed by atoms with E-state index in [0.717, 1.165) is 5.69 Å². The zero-order valence-corrected chi connectivity index (χ0v) is 13.4. The van der Waals surface area contributed by atoms with E-state index in [-0.39, 0.29) is 12.0 Å². The molecule has 116 valence electrons. The van der Waals surface area contributed by atoms with Gasteiger partial charge in [-0.25, -0.2) is 4.98 Å². The van der Waals surface area contributed by atoms with Gasteiger partial charge in [0, 0.05) is 11.5 Å². The molecule has 1 aromatic heterocycles. The van der Waals surface area contributed by atoms with E-state index in [9.17, 15) is 5.11 Å². The molecule has 0 saturated carbocycles. The van der Waals surface area contributed by atoms with Gasteiger partial charge in [0.1, 0.15) is 0 Å². The predicted molar refractivity (Wildman–Crippen MR) is 84.5 cm³/mol. The first kappa shape index (κ1) is 14.0. The summed E-state index contributed by atoms with van der Waals surface area (Å²) in [6.07, 6.45) is 3.24. The first-order valence-electron chi connectivity index (χ1n) is 7.82. The van der Waals surface area contributed by atoms with Crippen molar-refractivity contribution in [3.8, 4) is 11.3 Å². The highest BCUT2D eigenvalue weighted by molar-refractivity contribution is 5.69. The highest BCUT2D eigenvalue weighted by atomic mass is 16.5.